The molecule has 1 aliphatic carbocycles. The maximum atomic E-state index is 15.0. The van der Waals surface area contributed by atoms with Crippen LogP contribution in [0.25, 0.3) is 11.3 Å². The molecular formula is C18H22FN3O3. The van der Waals surface area contributed by atoms with Gasteiger partial charge in [-0.2, -0.15) is 0 Å². The topological polar surface area (TPSA) is 66.2 Å². The van der Waals surface area contributed by atoms with Gasteiger partial charge in [-0.05, 0) is 43.9 Å². The average molecular weight is 347 g/mol. The molecular weight excluding hydrogens is 325 g/mol. The third-order valence-corrected chi connectivity index (χ3v) is 4.79. The predicted octanol–water partition coefficient (Wildman–Crippen LogP) is 2.94. The molecule has 134 valence electrons. The number of aromatic nitrogens is 3. The van der Waals surface area contributed by atoms with Gasteiger partial charge in [0.15, 0.2) is 0 Å². The Morgan fingerprint density at radius 2 is 2.24 bits per heavy atom. The molecule has 1 saturated carbocycles. The van der Waals surface area contributed by atoms with Gasteiger partial charge in [0.2, 0.25) is 0 Å². The van der Waals surface area contributed by atoms with Crippen molar-refractivity contribution in [3.63, 3.8) is 0 Å². The highest BCUT2D eigenvalue weighted by molar-refractivity contribution is 5.72. The van der Waals surface area contributed by atoms with Gasteiger partial charge in [-0.25, -0.2) is 9.07 Å². The number of benzene rings is 1. The van der Waals surface area contributed by atoms with E-state index in [1.54, 1.807) is 13.3 Å². The number of carbonyl (C=O) groups excluding carboxylic acids is 1. The minimum absolute atomic E-state index is 0.0799. The van der Waals surface area contributed by atoms with E-state index in [4.69, 9.17) is 9.47 Å². The third kappa shape index (κ3) is 3.65. The minimum Gasteiger partial charge on any atom is -0.497 e. The molecule has 0 N–H and O–H groups in total. The summed E-state index contributed by atoms with van der Waals surface area (Å²) >= 11 is 0. The van der Waals surface area contributed by atoms with Crippen LogP contribution in [0.3, 0.4) is 0 Å². The largest absolute Gasteiger partial charge is 0.497 e. The molecule has 0 bridgehead atoms. The number of rotatable bonds is 5. The van der Waals surface area contributed by atoms with Crippen molar-refractivity contribution < 1.29 is 18.7 Å². The van der Waals surface area contributed by atoms with Crippen LogP contribution >= 0.6 is 0 Å². The monoisotopic (exact) mass is 347 g/mol. The zero-order valence-electron chi connectivity index (χ0n) is 14.7. The van der Waals surface area contributed by atoms with Crippen molar-refractivity contribution in [2.45, 2.75) is 38.4 Å². The maximum absolute atomic E-state index is 15.0. The molecule has 6 nitrogen and oxygen atoms in total. The first-order valence-electron chi connectivity index (χ1n) is 8.26. The van der Waals surface area contributed by atoms with Gasteiger partial charge in [0.1, 0.15) is 17.1 Å². The molecule has 0 unspecified atom stereocenters. The van der Waals surface area contributed by atoms with Crippen LogP contribution in [0.15, 0.2) is 24.4 Å². The molecule has 0 saturated heterocycles. The van der Waals surface area contributed by atoms with Gasteiger partial charge in [-0.1, -0.05) is 11.3 Å². The van der Waals surface area contributed by atoms with E-state index < -0.39 is 5.67 Å². The predicted molar refractivity (Wildman–Crippen MR) is 89.9 cm³/mol. The smallest absolute Gasteiger partial charge is 0.308 e. The van der Waals surface area contributed by atoms with E-state index in [0.29, 0.717) is 18.5 Å². The van der Waals surface area contributed by atoms with Crippen molar-refractivity contribution >= 4 is 5.97 Å². The highest BCUT2D eigenvalue weighted by atomic mass is 19.1. The molecule has 1 aliphatic rings. The molecule has 0 aliphatic heterocycles. The van der Waals surface area contributed by atoms with Gasteiger partial charge in [0.05, 0.1) is 32.9 Å². The van der Waals surface area contributed by atoms with Crippen molar-refractivity contribution in [3.8, 4) is 17.0 Å². The van der Waals surface area contributed by atoms with Crippen LogP contribution in [0.5, 0.6) is 5.75 Å². The molecule has 2 aromatic rings. The van der Waals surface area contributed by atoms with Gasteiger partial charge < -0.3 is 9.47 Å². The van der Waals surface area contributed by atoms with Crippen LogP contribution < -0.4 is 4.74 Å². The highest BCUT2D eigenvalue weighted by Crippen LogP contribution is 2.39. The third-order valence-electron chi connectivity index (χ3n) is 4.79. The summed E-state index contributed by atoms with van der Waals surface area (Å²) in [6.07, 6.45) is 2.71. The SMILES string of the molecule is COC(=O)[C@@H]1CC[C@](F)(Cn2cc(-c3cc(OC)ccc3C)nn2)C1. The van der Waals surface area contributed by atoms with E-state index in [0.717, 1.165) is 16.9 Å². The summed E-state index contributed by atoms with van der Waals surface area (Å²) in [5.41, 5.74) is 1.14. The van der Waals surface area contributed by atoms with Crippen LogP contribution in [-0.2, 0) is 16.1 Å². The van der Waals surface area contributed by atoms with Gasteiger partial charge in [-0.15, -0.1) is 5.10 Å². The number of nitrogens with zero attached hydrogens (tertiary/aromatic N) is 3. The van der Waals surface area contributed by atoms with E-state index in [9.17, 15) is 4.79 Å². The van der Waals surface area contributed by atoms with E-state index >= 15 is 4.39 Å². The zero-order chi connectivity index (χ0) is 18.0. The second-order valence-electron chi connectivity index (χ2n) is 6.60. The lowest BCUT2D eigenvalue weighted by atomic mass is 10.0. The summed E-state index contributed by atoms with van der Waals surface area (Å²) in [6, 6.07) is 5.71. The molecule has 1 aromatic carbocycles. The van der Waals surface area contributed by atoms with E-state index in [1.165, 1.54) is 11.8 Å². The summed E-state index contributed by atoms with van der Waals surface area (Å²) < 4.78 is 26.5. The molecule has 0 amide bonds. The van der Waals surface area contributed by atoms with Crippen molar-refractivity contribution in [3.05, 3.63) is 30.0 Å². The van der Waals surface area contributed by atoms with Crippen molar-refractivity contribution in [1.82, 2.24) is 15.0 Å². The second-order valence-corrected chi connectivity index (χ2v) is 6.60. The number of aryl methyl sites for hydroxylation is 1. The molecule has 0 spiro atoms. The molecule has 1 fully saturated rings. The second kappa shape index (κ2) is 6.82. The summed E-state index contributed by atoms with van der Waals surface area (Å²) in [4.78, 5) is 11.6. The fourth-order valence-corrected chi connectivity index (χ4v) is 3.38. The lowest BCUT2D eigenvalue weighted by Gasteiger charge is -2.18. The first-order chi connectivity index (χ1) is 11.9. The van der Waals surface area contributed by atoms with Gasteiger partial charge >= 0.3 is 5.97 Å². The number of esters is 1. The Bertz CT molecular complexity index is 777. The Hall–Kier alpha value is -2.44. The Morgan fingerprint density at radius 3 is 2.96 bits per heavy atom. The number of methoxy groups -OCH3 is 2. The fourth-order valence-electron chi connectivity index (χ4n) is 3.38. The van der Waals surface area contributed by atoms with Crippen molar-refractivity contribution in [2.24, 2.45) is 5.92 Å². The Labute approximate surface area is 145 Å². The molecule has 3 rings (SSSR count). The number of carbonyl (C=O) groups is 1. The molecule has 25 heavy (non-hydrogen) atoms. The van der Waals surface area contributed by atoms with Crippen molar-refractivity contribution in [2.75, 3.05) is 14.2 Å². The molecule has 7 heteroatoms. The van der Waals surface area contributed by atoms with E-state index in [-0.39, 0.29) is 24.9 Å². The van der Waals surface area contributed by atoms with Gasteiger partial charge in [0.25, 0.3) is 0 Å². The Kier molecular flexibility index (Phi) is 4.74. The molecule has 0 radical (unpaired) electrons. The summed E-state index contributed by atoms with van der Waals surface area (Å²) in [5, 5.41) is 8.22. The van der Waals surface area contributed by atoms with E-state index in [1.807, 2.05) is 25.1 Å². The molecule has 2 atom stereocenters. The maximum Gasteiger partial charge on any atom is 0.308 e. The normalized spacial score (nSPS) is 22.8. The zero-order valence-corrected chi connectivity index (χ0v) is 14.7. The average Bonchev–Trinajstić information content (AvgIpc) is 3.22. The number of hydrogen-bond acceptors (Lipinski definition) is 5. The van der Waals surface area contributed by atoms with Crippen molar-refractivity contribution in [1.29, 1.82) is 0 Å². The van der Waals surface area contributed by atoms with E-state index in [2.05, 4.69) is 10.3 Å². The van der Waals surface area contributed by atoms with Crippen LogP contribution in [0.1, 0.15) is 24.8 Å². The Morgan fingerprint density at radius 1 is 1.44 bits per heavy atom. The summed E-state index contributed by atoms with van der Waals surface area (Å²) in [7, 11) is 2.94. The number of halogens is 1. The summed E-state index contributed by atoms with van der Waals surface area (Å²) in [6.45, 7) is 2.05. The lowest BCUT2D eigenvalue weighted by molar-refractivity contribution is -0.145. The number of alkyl halides is 1. The first-order valence-corrected chi connectivity index (χ1v) is 8.26. The Balaban J connectivity index is 1.75. The van der Waals surface area contributed by atoms with Gasteiger partial charge in [-0.3, -0.25) is 4.79 Å². The van der Waals surface area contributed by atoms with Crippen LogP contribution in [0, 0.1) is 12.8 Å². The quantitative estimate of drug-likeness (QED) is 0.778. The summed E-state index contributed by atoms with van der Waals surface area (Å²) in [5.74, 6) is 0.0123. The fraction of sp³-hybridized carbons (Fsp3) is 0.500. The highest BCUT2D eigenvalue weighted by Gasteiger charge is 2.43. The minimum atomic E-state index is -1.47. The first kappa shape index (κ1) is 17.4. The lowest BCUT2D eigenvalue weighted by Crippen LogP contribution is -2.27. The molecule has 1 aromatic heterocycles. The number of ether oxygens (including phenoxy) is 2. The number of hydrogen-bond donors (Lipinski definition) is 0. The van der Waals surface area contributed by atoms with Crippen LogP contribution in [-0.4, -0.2) is 40.9 Å². The van der Waals surface area contributed by atoms with Gasteiger partial charge in [0, 0.05) is 5.56 Å². The standard InChI is InChI=1S/C18H22FN3O3/c1-12-4-5-14(24-2)8-15(12)16-10-22(21-20-16)11-18(19)7-6-13(9-18)17(23)25-3/h4-5,8,10,13H,6-7,9,11H2,1-3H3/t13-,18-/m1/s1. The van der Waals surface area contributed by atoms with Crippen LogP contribution in [0.4, 0.5) is 4.39 Å². The van der Waals surface area contributed by atoms with Crippen LogP contribution in [0.2, 0.25) is 0 Å². The molecule has 1 heterocycles.